The summed E-state index contributed by atoms with van der Waals surface area (Å²) >= 11 is 1.92. The van der Waals surface area contributed by atoms with Crippen LogP contribution in [-0.2, 0) is 6.42 Å². The summed E-state index contributed by atoms with van der Waals surface area (Å²) in [7, 11) is 0. The fourth-order valence-electron chi connectivity index (χ4n) is 9.85. The van der Waals surface area contributed by atoms with E-state index in [1.54, 1.807) is 0 Å². The number of aryl methyl sites for hydroxylation is 1. The molecule has 0 spiro atoms. The molecule has 0 saturated heterocycles. The lowest BCUT2D eigenvalue weighted by Crippen LogP contribution is -2.01. The van der Waals surface area contributed by atoms with Gasteiger partial charge in [-0.1, -0.05) is 157 Å². The topological polar surface area (TPSA) is 4.93 Å². The van der Waals surface area contributed by atoms with Crippen molar-refractivity contribution in [3.05, 3.63) is 211 Å². The zero-order valence-corrected chi connectivity index (χ0v) is 32.1. The van der Waals surface area contributed by atoms with E-state index in [1.807, 2.05) is 11.8 Å². The van der Waals surface area contributed by atoms with E-state index in [4.69, 9.17) is 0 Å². The van der Waals surface area contributed by atoms with Gasteiger partial charge >= 0.3 is 0 Å². The molecule has 2 heteroatoms. The van der Waals surface area contributed by atoms with Crippen LogP contribution in [0.4, 0.5) is 0 Å². The highest BCUT2D eigenvalue weighted by Crippen LogP contribution is 2.53. The Morgan fingerprint density at radius 2 is 1.14 bits per heavy atom. The molecule has 0 N–H and O–H groups in total. The van der Waals surface area contributed by atoms with Crippen molar-refractivity contribution >= 4 is 44.3 Å². The Morgan fingerprint density at radius 3 is 2.05 bits per heavy atom. The average molecular weight is 744 g/mol. The van der Waals surface area contributed by atoms with Gasteiger partial charge in [0.1, 0.15) is 0 Å². The first-order chi connectivity index (χ1) is 28.3. The molecule has 0 amide bonds. The first-order valence-electron chi connectivity index (χ1n) is 20.0. The monoisotopic (exact) mass is 743 g/mol. The van der Waals surface area contributed by atoms with Crippen molar-refractivity contribution < 1.29 is 0 Å². The lowest BCUT2D eigenvalue weighted by molar-refractivity contribution is 0.726. The largest absolute Gasteiger partial charge is 0.309 e. The standard InChI is InChI=1S/C55H37NS/c1-3-13-35(14-4-1)37-17-11-18-41(31-37)56-50-23-10-9-20-44(50)48-32-38(27-30-51(48)56)39-25-29-45-49-33-40-26-28-42(36-15-5-2-6-16-36)43-19-7-8-21-46(43)54(40)47-22-12-24-52(55(47)49)57-53(45)34-39/h1-25,27,29-34,42H,26,28H2. The van der Waals surface area contributed by atoms with Gasteiger partial charge in [0.05, 0.1) is 11.0 Å². The van der Waals surface area contributed by atoms with Gasteiger partial charge in [0, 0.05) is 37.6 Å². The maximum absolute atomic E-state index is 2.54. The van der Waals surface area contributed by atoms with E-state index in [0.717, 1.165) is 12.8 Å². The third-order valence-electron chi connectivity index (χ3n) is 12.4. The Balaban J connectivity index is 0.971. The quantitative estimate of drug-likeness (QED) is 0.174. The van der Waals surface area contributed by atoms with Crippen molar-refractivity contribution in [3.8, 4) is 50.2 Å². The van der Waals surface area contributed by atoms with E-state index in [-0.39, 0.29) is 0 Å². The fourth-order valence-corrected chi connectivity index (χ4v) is 11.0. The summed E-state index contributed by atoms with van der Waals surface area (Å²) in [5.41, 5.74) is 18.3. The molecule has 57 heavy (non-hydrogen) atoms. The van der Waals surface area contributed by atoms with Crippen LogP contribution in [0.25, 0.3) is 82.8 Å². The second-order valence-corrected chi connectivity index (χ2v) is 16.6. The van der Waals surface area contributed by atoms with Gasteiger partial charge in [0.25, 0.3) is 0 Å². The van der Waals surface area contributed by atoms with E-state index in [0.29, 0.717) is 5.92 Å². The van der Waals surface area contributed by atoms with Crippen LogP contribution in [-0.4, -0.2) is 4.57 Å². The van der Waals surface area contributed by atoms with Crippen LogP contribution in [0.15, 0.2) is 204 Å². The molecule has 2 heterocycles. The minimum atomic E-state index is 0.372. The van der Waals surface area contributed by atoms with Crippen molar-refractivity contribution in [3.63, 3.8) is 0 Å². The third kappa shape index (κ3) is 5.18. The van der Waals surface area contributed by atoms with Gasteiger partial charge in [-0.15, -0.1) is 0 Å². The molecule has 268 valence electrons. The van der Waals surface area contributed by atoms with Crippen LogP contribution in [0.3, 0.4) is 0 Å². The summed E-state index contributed by atoms with van der Waals surface area (Å²) in [5.74, 6) is 0.372. The number of aromatic nitrogens is 1. The smallest absolute Gasteiger partial charge is 0.0541 e. The normalized spacial score (nSPS) is 14.3. The molecule has 1 aromatic heterocycles. The van der Waals surface area contributed by atoms with Gasteiger partial charge in [-0.3, -0.25) is 0 Å². The van der Waals surface area contributed by atoms with Gasteiger partial charge in [0.15, 0.2) is 0 Å². The Labute approximate surface area is 336 Å². The molecule has 1 unspecified atom stereocenters. The zero-order chi connectivity index (χ0) is 37.5. The lowest BCUT2D eigenvalue weighted by Gasteiger charge is -2.24. The number of nitrogens with zero attached hydrogens (tertiary/aromatic N) is 1. The Hall–Kier alpha value is -6.61. The highest BCUT2D eigenvalue weighted by molar-refractivity contribution is 7.99. The maximum atomic E-state index is 2.54. The Morgan fingerprint density at radius 1 is 0.439 bits per heavy atom. The first kappa shape index (κ1) is 32.6. The molecule has 0 saturated carbocycles. The van der Waals surface area contributed by atoms with Crippen LogP contribution < -0.4 is 0 Å². The van der Waals surface area contributed by atoms with Crippen LogP contribution >= 0.6 is 11.8 Å². The summed E-state index contributed by atoms with van der Waals surface area (Å²) in [6.45, 7) is 0. The van der Waals surface area contributed by atoms with Crippen molar-refractivity contribution in [1.82, 2.24) is 4.57 Å². The molecule has 0 fully saturated rings. The maximum Gasteiger partial charge on any atom is 0.0541 e. The molecule has 1 aliphatic heterocycles. The molecule has 1 nitrogen and oxygen atoms in total. The van der Waals surface area contributed by atoms with Crippen molar-refractivity contribution in [2.75, 3.05) is 0 Å². The number of benzene rings is 9. The molecular formula is C55H37NS. The number of hydrogen-bond donors (Lipinski definition) is 0. The van der Waals surface area contributed by atoms with Crippen LogP contribution in [0, 0.1) is 0 Å². The fraction of sp³-hybridized carbons (Fsp3) is 0.0545. The molecular weight excluding hydrogens is 707 g/mol. The van der Waals surface area contributed by atoms with Crippen LogP contribution in [0.2, 0.25) is 0 Å². The second kappa shape index (κ2) is 13.0. The van der Waals surface area contributed by atoms with Crippen LogP contribution in [0.5, 0.6) is 0 Å². The highest BCUT2D eigenvalue weighted by Gasteiger charge is 2.29. The van der Waals surface area contributed by atoms with Crippen molar-refractivity contribution in [2.24, 2.45) is 0 Å². The zero-order valence-electron chi connectivity index (χ0n) is 31.3. The summed E-state index contributed by atoms with van der Waals surface area (Å²) in [6, 6.07) is 72.3. The predicted molar refractivity (Wildman–Crippen MR) is 241 cm³/mol. The van der Waals surface area contributed by atoms with E-state index in [2.05, 4.69) is 199 Å². The molecule has 1 aliphatic carbocycles. The average Bonchev–Trinajstić information content (AvgIpc) is 3.51. The summed E-state index contributed by atoms with van der Waals surface area (Å²) in [4.78, 5) is 2.66. The molecule has 10 aromatic rings. The minimum Gasteiger partial charge on any atom is -0.309 e. The van der Waals surface area contributed by atoms with Gasteiger partial charge < -0.3 is 4.57 Å². The van der Waals surface area contributed by atoms with Crippen molar-refractivity contribution in [1.29, 1.82) is 0 Å². The SMILES string of the molecule is c1ccc(-c2cccc(-n3c4ccccc4c4cc(-c5ccc6c(c5)Sc5cccc7c8c(cc-6c57)CCC(c5ccccc5)c5ccccc5-8)ccc43)c2)cc1. The van der Waals surface area contributed by atoms with Gasteiger partial charge in [-0.05, 0) is 128 Å². The van der Waals surface area contributed by atoms with Gasteiger partial charge in [0.2, 0.25) is 0 Å². The summed E-state index contributed by atoms with van der Waals surface area (Å²) < 4.78 is 2.42. The number of hydrogen-bond acceptors (Lipinski definition) is 1. The second-order valence-electron chi connectivity index (χ2n) is 15.5. The number of para-hydroxylation sites is 1. The van der Waals surface area contributed by atoms with E-state index >= 15 is 0 Å². The van der Waals surface area contributed by atoms with Crippen molar-refractivity contribution in [2.45, 2.75) is 28.6 Å². The minimum absolute atomic E-state index is 0.372. The van der Waals surface area contributed by atoms with E-state index < -0.39 is 0 Å². The Bertz CT molecular complexity index is 3210. The van der Waals surface area contributed by atoms with E-state index in [1.165, 1.54) is 109 Å². The summed E-state index contributed by atoms with van der Waals surface area (Å²) in [5, 5.41) is 5.30. The molecule has 0 bridgehead atoms. The number of rotatable bonds is 4. The van der Waals surface area contributed by atoms with E-state index in [9.17, 15) is 0 Å². The predicted octanol–water partition coefficient (Wildman–Crippen LogP) is 15.1. The molecule has 2 aliphatic rings. The van der Waals surface area contributed by atoms with Gasteiger partial charge in [-0.2, -0.15) is 0 Å². The number of fused-ring (bicyclic) bond motifs is 9. The molecule has 0 radical (unpaired) electrons. The first-order valence-corrected chi connectivity index (χ1v) is 20.8. The van der Waals surface area contributed by atoms with Gasteiger partial charge in [-0.25, -0.2) is 0 Å². The third-order valence-corrected chi connectivity index (χ3v) is 13.5. The molecule has 9 aromatic carbocycles. The van der Waals surface area contributed by atoms with Crippen LogP contribution in [0.1, 0.15) is 29.0 Å². The Kier molecular flexibility index (Phi) is 7.43. The molecule has 12 rings (SSSR count). The molecule has 1 atom stereocenters. The lowest BCUT2D eigenvalue weighted by atomic mass is 9.84. The summed E-state index contributed by atoms with van der Waals surface area (Å²) in [6.07, 6.45) is 2.14. The highest BCUT2D eigenvalue weighted by atomic mass is 32.2.